The van der Waals surface area contributed by atoms with Gasteiger partial charge in [-0.15, -0.1) is 0 Å². The molecule has 5 N–H and O–H groups in total. The minimum Gasteiger partial charge on any atom is -0.469 e. The van der Waals surface area contributed by atoms with Crippen LogP contribution in [0.1, 0.15) is 41.9 Å². The van der Waals surface area contributed by atoms with Gasteiger partial charge in [0.15, 0.2) is 5.75 Å². The summed E-state index contributed by atoms with van der Waals surface area (Å²) in [4.78, 5) is 35.6. The van der Waals surface area contributed by atoms with Crippen molar-refractivity contribution < 1.29 is 23.6 Å². The molecule has 9 heteroatoms. The number of esters is 1. The molecule has 0 amide bonds. The van der Waals surface area contributed by atoms with Crippen molar-refractivity contribution in [3.05, 3.63) is 70.5 Å². The Morgan fingerprint density at radius 1 is 1.26 bits per heavy atom. The molecule has 0 spiro atoms. The summed E-state index contributed by atoms with van der Waals surface area (Å²) >= 11 is 0. The van der Waals surface area contributed by atoms with Gasteiger partial charge in [-0.1, -0.05) is 24.3 Å². The molecule has 35 heavy (non-hydrogen) atoms. The number of ether oxygens (including phenoxy) is 1. The Hall–Kier alpha value is -3.72. The molecule has 5 rings (SSSR count). The van der Waals surface area contributed by atoms with Crippen molar-refractivity contribution in [2.45, 2.75) is 37.3 Å². The second-order valence-electron chi connectivity index (χ2n) is 9.20. The Morgan fingerprint density at radius 2 is 2.06 bits per heavy atom. The number of halogens is 1. The van der Waals surface area contributed by atoms with Gasteiger partial charge in [-0.3, -0.25) is 9.59 Å². The summed E-state index contributed by atoms with van der Waals surface area (Å²) in [6.07, 6.45) is 6.76. The van der Waals surface area contributed by atoms with Crippen LogP contribution in [0.2, 0.25) is 0 Å². The number of aromatic nitrogens is 1. The quantitative estimate of drug-likeness (QED) is 0.559. The third-order valence-electron chi connectivity index (χ3n) is 6.99. The zero-order valence-corrected chi connectivity index (χ0v) is 19.3. The van der Waals surface area contributed by atoms with Crippen molar-refractivity contribution in [1.29, 1.82) is 0 Å². The predicted octanol–water partition coefficient (Wildman–Crippen LogP) is 3.04. The molecule has 2 heterocycles. The molecule has 2 unspecified atom stereocenters. The summed E-state index contributed by atoms with van der Waals surface area (Å²) in [5.41, 5.74) is 14.2. The van der Waals surface area contributed by atoms with Gasteiger partial charge in [0.1, 0.15) is 5.82 Å². The van der Waals surface area contributed by atoms with Gasteiger partial charge < -0.3 is 21.0 Å². The number of hydrogen-bond donors (Lipinski definition) is 3. The van der Waals surface area contributed by atoms with E-state index in [4.69, 9.17) is 21.0 Å². The molecular weight excluding hydrogens is 451 g/mol. The van der Waals surface area contributed by atoms with Gasteiger partial charge in [0.25, 0.3) is 0 Å². The van der Waals surface area contributed by atoms with Crippen LogP contribution in [0.15, 0.2) is 53.8 Å². The van der Waals surface area contributed by atoms with Gasteiger partial charge in [0.2, 0.25) is 11.5 Å². The number of rotatable bonds is 5. The highest BCUT2D eigenvalue weighted by Crippen LogP contribution is 2.47. The maximum atomic E-state index is 17.0. The van der Waals surface area contributed by atoms with Crippen molar-refractivity contribution in [3.8, 4) is 5.75 Å². The van der Waals surface area contributed by atoms with Crippen LogP contribution in [0.25, 0.3) is 0 Å². The van der Waals surface area contributed by atoms with Gasteiger partial charge in [-0.25, -0.2) is 9.37 Å². The summed E-state index contributed by atoms with van der Waals surface area (Å²) in [6.45, 7) is 0.301. The van der Waals surface area contributed by atoms with E-state index in [0.29, 0.717) is 18.9 Å². The third kappa shape index (κ3) is 4.05. The lowest BCUT2D eigenvalue weighted by Gasteiger charge is -2.33. The largest absolute Gasteiger partial charge is 0.469 e. The van der Waals surface area contributed by atoms with Gasteiger partial charge >= 0.3 is 5.97 Å². The number of allylic oxidation sites excluding steroid dienone is 2. The molecule has 0 saturated heterocycles. The van der Waals surface area contributed by atoms with Crippen LogP contribution in [0, 0.1) is 5.92 Å². The molecule has 2 aromatic rings. The number of Topliss-reactive ketones (excluding diaryl/α,β-unsaturated/α-hetero) is 1. The molecule has 2 atom stereocenters. The van der Waals surface area contributed by atoms with Crippen LogP contribution in [0.4, 0.5) is 15.9 Å². The van der Waals surface area contributed by atoms with Gasteiger partial charge in [-0.2, -0.15) is 5.48 Å². The Kier molecular flexibility index (Phi) is 5.80. The number of nitrogen functional groups attached to an aromatic ring is 2. The van der Waals surface area contributed by atoms with Crippen molar-refractivity contribution in [2.75, 3.05) is 25.1 Å². The first-order valence-corrected chi connectivity index (χ1v) is 11.6. The molecule has 3 aliphatic rings. The highest BCUT2D eigenvalue weighted by atomic mass is 19.1. The highest BCUT2D eigenvalue weighted by Gasteiger charge is 2.50. The number of carbonyl (C=O) groups excluding carboxylic acids is 2. The standard InChI is InChI=1S/C26H27FN4O4/c1-34-22(32)12-18-6-7-19(24(33)26(18,27)20-8-9-30-25(29)23(20)28)17-10-16-5-4-15(14-2-3-14)11-21(16)35-31-13-17/h4-9,11,14,17,31H,2-3,10,12-13,28H2,1H3,(H2,29,30). The number of fused-ring (bicyclic) bond motifs is 1. The predicted molar refractivity (Wildman–Crippen MR) is 128 cm³/mol. The number of pyridine rings is 1. The molecule has 1 fully saturated rings. The molecule has 1 aromatic carbocycles. The number of methoxy groups -OCH3 is 1. The second kappa shape index (κ2) is 8.81. The van der Waals surface area contributed by atoms with Crippen LogP contribution in [0.5, 0.6) is 5.75 Å². The number of alkyl halides is 1. The number of carbonyl (C=O) groups is 2. The highest BCUT2D eigenvalue weighted by molar-refractivity contribution is 6.08. The molecule has 182 valence electrons. The lowest BCUT2D eigenvalue weighted by molar-refractivity contribution is -0.140. The molecule has 1 aliphatic heterocycles. The number of ketones is 1. The van der Waals surface area contributed by atoms with Crippen LogP contribution in [0.3, 0.4) is 0 Å². The Balaban J connectivity index is 1.53. The summed E-state index contributed by atoms with van der Waals surface area (Å²) in [6, 6.07) is 7.46. The van der Waals surface area contributed by atoms with E-state index in [-0.39, 0.29) is 34.1 Å². The first-order chi connectivity index (χ1) is 16.8. The zero-order chi connectivity index (χ0) is 24.7. The monoisotopic (exact) mass is 478 g/mol. The maximum Gasteiger partial charge on any atom is 0.309 e. The number of nitrogens with two attached hydrogens (primary N) is 2. The molecule has 1 saturated carbocycles. The first-order valence-electron chi connectivity index (χ1n) is 11.6. The van der Waals surface area contributed by atoms with Gasteiger partial charge in [-0.05, 0) is 54.0 Å². The molecule has 2 aliphatic carbocycles. The average molecular weight is 479 g/mol. The molecule has 0 bridgehead atoms. The Morgan fingerprint density at radius 3 is 2.80 bits per heavy atom. The van der Waals surface area contributed by atoms with E-state index in [1.807, 2.05) is 12.1 Å². The topological polar surface area (TPSA) is 130 Å². The number of nitrogens with one attached hydrogen (secondary N) is 1. The number of anilines is 2. The van der Waals surface area contributed by atoms with E-state index in [2.05, 4.69) is 16.5 Å². The van der Waals surface area contributed by atoms with E-state index in [1.165, 1.54) is 43.9 Å². The van der Waals surface area contributed by atoms with Gasteiger partial charge in [0.05, 0.1) is 19.2 Å². The number of hydrogen-bond acceptors (Lipinski definition) is 8. The molecule has 8 nitrogen and oxygen atoms in total. The fourth-order valence-corrected chi connectivity index (χ4v) is 4.82. The zero-order valence-electron chi connectivity index (χ0n) is 19.3. The minimum absolute atomic E-state index is 0.0669. The maximum absolute atomic E-state index is 17.0. The second-order valence-corrected chi connectivity index (χ2v) is 9.20. The fraction of sp³-hybridized carbons (Fsp3) is 0.346. The lowest BCUT2D eigenvalue weighted by Crippen LogP contribution is -2.41. The van der Waals surface area contributed by atoms with Gasteiger partial charge in [0, 0.05) is 29.8 Å². The van der Waals surface area contributed by atoms with E-state index < -0.39 is 23.8 Å². The van der Waals surface area contributed by atoms with Crippen molar-refractivity contribution in [3.63, 3.8) is 0 Å². The number of hydroxylamine groups is 1. The lowest BCUT2D eigenvalue weighted by atomic mass is 9.72. The van der Waals surface area contributed by atoms with E-state index in [0.717, 1.165) is 11.3 Å². The van der Waals surface area contributed by atoms with Crippen molar-refractivity contribution >= 4 is 23.3 Å². The number of nitrogens with zero attached hydrogens (tertiary/aromatic N) is 1. The summed E-state index contributed by atoms with van der Waals surface area (Å²) in [7, 11) is 1.21. The molecule has 0 radical (unpaired) electrons. The average Bonchev–Trinajstić information content (AvgIpc) is 3.70. The molecular formula is C26H27FN4O4. The van der Waals surface area contributed by atoms with Crippen LogP contribution in [-0.2, 0) is 26.4 Å². The van der Waals surface area contributed by atoms with E-state index in [1.54, 1.807) is 6.08 Å². The van der Waals surface area contributed by atoms with E-state index >= 15 is 4.39 Å². The third-order valence-corrected chi connectivity index (χ3v) is 6.99. The van der Waals surface area contributed by atoms with Crippen LogP contribution < -0.4 is 21.8 Å². The minimum atomic E-state index is -2.69. The molecule has 1 aromatic heterocycles. The van der Waals surface area contributed by atoms with Crippen LogP contribution in [-0.4, -0.2) is 30.4 Å². The van der Waals surface area contributed by atoms with Crippen molar-refractivity contribution in [1.82, 2.24) is 10.5 Å². The fourth-order valence-electron chi connectivity index (χ4n) is 4.82. The Bertz CT molecular complexity index is 1270. The van der Waals surface area contributed by atoms with Crippen LogP contribution >= 0.6 is 0 Å². The Labute approximate surface area is 202 Å². The normalized spacial score (nSPS) is 23.9. The smallest absolute Gasteiger partial charge is 0.309 e. The number of benzene rings is 1. The summed E-state index contributed by atoms with van der Waals surface area (Å²) in [5.74, 6) is -0.628. The summed E-state index contributed by atoms with van der Waals surface area (Å²) in [5, 5.41) is 0. The van der Waals surface area contributed by atoms with Crippen molar-refractivity contribution in [2.24, 2.45) is 5.92 Å². The summed E-state index contributed by atoms with van der Waals surface area (Å²) < 4.78 is 21.7. The first kappa shape index (κ1) is 23.0. The van der Waals surface area contributed by atoms with E-state index in [9.17, 15) is 9.59 Å². The SMILES string of the molecule is COC(=O)CC1=CC=C(C2CNOc3cc(C4CC4)ccc3C2)C(=O)C1(F)c1ccnc(N)c1N.